The predicted molar refractivity (Wildman–Crippen MR) is 102 cm³/mol. The van der Waals surface area contributed by atoms with Crippen LogP contribution < -0.4 is 15.4 Å². The summed E-state index contributed by atoms with van der Waals surface area (Å²) in [5.41, 5.74) is 1.93. The zero-order valence-corrected chi connectivity index (χ0v) is 15.0. The van der Waals surface area contributed by atoms with E-state index in [0.29, 0.717) is 23.9 Å². The summed E-state index contributed by atoms with van der Waals surface area (Å²) in [7, 11) is 0. The molecule has 0 aliphatic carbocycles. The number of aryl methyl sites for hydroxylation is 1. The molecule has 0 atom stereocenters. The number of amides is 1. The lowest BCUT2D eigenvalue weighted by atomic mass is 10.2. The van der Waals surface area contributed by atoms with Crippen molar-refractivity contribution in [2.45, 2.75) is 13.8 Å². The quantitative estimate of drug-likeness (QED) is 0.679. The number of benzene rings is 2. The Balaban J connectivity index is 1.76. The molecule has 6 nitrogen and oxygen atoms in total. The van der Waals surface area contributed by atoms with Crippen molar-refractivity contribution in [1.29, 1.82) is 0 Å². The normalized spacial score (nSPS) is 10.3. The summed E-state index contributed by atoms with van der Waals surface area (Å²) in [4.78, 5) is 21.0. The largest absolute Gasteiger partial charge is 0.494 e. The Morgan fingerprint density at radius 2 is 1.85 bits per heavy atom. The summed E-state index contributed by atoms with van der Waals surface area (Å²) in [6.07, 6.45) is 0. The molecular weight excluding hydrogens is 347 g/mol. The Morgan fingerprint density at radius 1 is 1.07 bits per heavy atom. The highest BCUT2D eigenvalue weighted by Crippen LogP contribution is 2.19. The van der Waals surface area contributed by atoms with Gasteiger partial charge in [0, 0.05) is 17.1 Å². The third-order valence-electron chi connectivity index (χ3n) is 3.59. The van der Waals surface area contributed by atoms with E-state index in [4.69, 9.17) is 4.74 Å². The first-order valence-electron chi connectivity index (χ1n) is 8.46. The van der Waals surface area contributed by atoms with Crippen LogP contribution in [0.1, 0.15) is 23.1 Å². The van der Waals surface area contributed by atoms with Crippen LogP contribution >= 0.6 is 0 Å². The van der Waals surface area contributed by atoms with Gasteiger partial charge in [0.2, 0.25) is 5.95 Å². The number of carbonyl (C=O) groups is 1. The highest BCUT2D eigenvalue weighted by molar-refractivity contribution is 6.03. The van der Waals surface area contributed by atoms with Crippen LogP contribution in [0.15, 0.2) is 54.6 Å². The molecule has 3 rings (SSSR count). The molecule has 0 unspecified atom stereocenters. The fourth-order valence-corrected chi connectivity index (χ4v) is 2.43. The van der Waals surface area contributed by atoms with Gasteiger partial charge in [0.1, 0.15) is 17.3 Å². The van der Waals surface area contributed by atoms with Gasteiger partial charge in [-0.15, -0.1) is 0 Å². The molecule has 1 heterocycles. The highest BCUT2D eigenvalue weighted by atomic mass is 19.1. The average Bonchev–Trinajstić information content (AvgIpc) is 2.63. The maximum Gasteiger partial charge on any atom is 0.274 e. The topological polar surface area (TPSA) is 76.1 Å². The average molecular weight is 366 g/mol. The van der Waals surface area contributed by atoms with Crippen molar-refractivity contribution >= 4 is 23.2 Å². The maximum atomic E-state index is 13.3. The van der Waals surface area contributed by atoms with Gasteiger partial charge < -0.3 is 15.4 Å². The minimum Gasteiger partial charge on any atom is -0.494 e. The first-order valence-corrected chi connectivity index (χ1v) is 8.46. The van der Waals surface area contributed by atoms with Crippen LogP contribution in [-0.2, 0) is 0 Å². The van der Waals surface area contributed by atoms with Crippen molar-refractivity contribution in [1.82, 2.24) is 9.97 Å². The summed E-state index contributed by atoms with van der Waals surface area (Å²) in [5, 5.41) is 5.69. The number of hydrogen-bond acceptors (Lipinski definition) is 5. The molecule has 0 aliphatic heterocycles. The second-order valence-corrected chi connectivity index (χ2v) is 5.77. The molecule has 0 bridgehead atoms. The third-order valence-corrected chi connectivity index (χ3v) is 3.59. The van der Waals surface area contributed by atoms with Crippen LogP contribution in [-0.4, -0.2) is 22.5 Å². The lowest BCUT2D eigenvalue weighted by Crippen LogP contribution is -2.15. The third kappa shape index (κ3) is 5.01. The molecule has 0 saturated heterocycles. The number of hydrogen-bond donors (Lipinski definition) is 2. The highest BCUT2D eigenvalue weighted by Gasteiger charge is 2.12. The zero-order valence-electron chi connectivity index (χ0n) is 15.0. The SMILES string of the molecule is CCOc1ccc(Nc2nc(C)cc(C(=O)Nc3cccc(F)c3)n2)cc1. The van der Waals surface area contributed by atoms with Crippen molar-refractivity contribution in [3.05, 3.63) is 71.8 Å². The molecule has 1 amide bonds. The van der Waals surface area contributed by atoms with Gasteiger partial charge in [-0.25, -0.2) is 14.4 Å². The molecule has 0 aliphatic rings. The second kappa shape index (κ2) is 8.27. The van der Waals surface area contributed by atoms with E-state index in [1.54, 1.807) is 19.1 Å². The number of ether oxygens (including phenoxy) is 1. The van der Waals surface area contributed by atoms with Gasteiger partial charge in [0.25, 0.3) is 5.91 Å². The zero-order chi connectivity index (χ0) is 19.2. The number of carbonyl (C=O) groups excluding carboxylic acids is 1. The van der Waals surface area contributed by atoms with E-state index in [-0.39, 0.29) is 5.69 Å². The van der Waals surface area contributed by atoms with Crippen molar-refractivity contribution in [2.24, 2.45) is 0 Å². The summed E-state index contributed by atoms with van der Waals surface area (Å²) < 4.78 is 18.7. The smallest absolute Gasteiger partial charge is 0.274 e. The maximum absolute atomic E-state index is 13.3. The van der Waals surface area contributed by atoms with Crippen LogP contribution in [0.4, 0.5) is 21.7 Å². The first kappa shape index (κ1) is 18.3. The molecule has 1 aromatic heterocycles. The van der Waals surface area contributed by atoms with Crippen LogP contribution in [0.2, 0.25) is 0 Å². The summed E-state index contributed by atoms with van der Waals surface area (Å²) in [6.45, 7) is 4.28. The molecule has 3 aromatic rings. The fraction of sp³-hybridized carbons (Fsp3) is 0.150. The molecule has 2 N–H and O–H groups in total. The van der Waals surface area contributed by atoms with Crippen LogP contribution in [0.25, 0.3) is 0 Å². The number of halogens is 1. The summed E-state index contributed by atoms with van der Waals surface area (Å²) in [6, 6.07) is 14.6. The number of rotatable bonds is 6. The minimum absolute atomic E-state index is 0.181. The molecule has 2 aromatic carbocycles. The van der Waals surface area contributed by atoms with Crippen LogP contribution in [0.3, 0.4) is 0 Å². The van der Waals surface area contributed by atoms with Gasteiger partial charge in [0.05, 0.1) is 6.61 Å². The van der Waals surface area contributed by atoms with E-state index in [0.717, 1.165) is 11.4 Å². The van der Waals surface area contributed by atoms with Crippen molar-refractivity contribution in [2.75, 3.05) is 17.2 Å². The van der Waals surface area contributed by atoms with E-state index in [1.165, 1.54) is 18.2 Å². The van der Waals surface area contributed by atoms with E-state index < -0.39 is 11.7 Å². The Morgan fingerprint density at radius 3 is 2.56 bits per heavy atom. The number of nitrogens with zero attached hydrogens (tertiary/aromatic N) is 2. The fourth-order valence-electron chi connectivity index (χ4n) is 2.43. The Bertz CT molecular complexity index is 945. The van der Waals surface area contributed by atoms with E-state index in [1.807, 2.05) is 31.2 Å². The first-order chi connectivity index (χ1) is 13.0. The summed E-state index contributed by atoms with van der Waals surface area (Å²) in [5.74, 6) is 0.192. The molecular formula is C20H19FN4O2. The number of aromatic nitrogens is 2. The molecule has 0 radical (unpaired) electrons. The molecule has 0 saturated carbocycles. The number of nitrogens with one attached hydrogen (secondary N) is 2. The monoisotopic (exact) mass is 366 g/mol. The van der Waals surface area contributed by atoms with Crippen molar-refractivity contribution in [3.63, 3.8) is 0 Å². The van der Waals surface area contributed by atoms with E-state index in [9.17, 15) is 9.18 Å². The Kier molecular flexibility index (Phi) is 5.61. The molecule has 0 fully saturated rings. The molecule has 27 heavy (non-hydrogen) atoms. The van der Waals surface area contributed by atoms with Crippen molar-refractivity contribution < 1.29 is 13.9 Å². The van der Waals surface area contributed by atoms with Gasteiger partial charge in [-0.3, -0.25) is 4.79 Å². The minimum atomic E-state index is -0.444. The van der Waals surface area contributed by atoms with Gasteiger partial charge in [-0.2, -0.15) is 0 Å². The Hall–Kier alpha value is -3.48. The molecule has 0 spiro atoms. The van der Waals surface area contributed by atoms with Gasteiger partial charge in [-0.05, 0) is 62.4 Å². The van der Waals surface area contributed by atoms with Gasteiger partial charge >= 0.3 is 0 Å². The lowest BCUT2D eigenvalue weighted by Gasteiger charge is -2.10. The second-order valence-electron chi connectivity index (χ2n) is 5.77. The van der Waals surface area contributed by atoms with Crippen molar-refractivity contribution in [3.8, 4) is 5.75 Å². The lowest BCUT2D eigenvalue weighted by molar-refractivity contribution is 0.102. The standard InChI is InChI=1S/C20H19FN4O2/c1-3-27-17-9-7-15(8-10-17)24-20-22-13(2)11-18(25-20)19(26)23-16-6-4-5-14(21)12-16/h4-12H,3H2,1-2H3,(H,23,26)(H,22,24,25). The van der Waals surface area contributed by atoms with Crippen LogP contribution in [0, 0.1) is 12.7 Å². The van der Waals surface area contributed by atoms with Gasteiger partial charge in [-0.1, -0.05) is 6.07 Å². The molecule has 138 valence electrons. The predicted octanol–water partition coefficient (Wildman–Crippen LogP) is 4.32. The number of anilines is 3. The summed E-state index contributed by atoms with van der Waals surface area (Å²) >= 11 is 0. The molecule has 7 heteroatoms. The van der Waals surface area contributed by atoms with Gasteiger partial charge in [0.15, 0.2) is 0 Å². The van der Waals surface area contributed by atoms with Crippen LogP contribution in [0.5, 0.6) is 5.75 Å². The van der Waals surface area contributed by atoms with E-state index in [2.05, 4.69) is 20.6 Å². The van der Waals surface area contributed by atoms with E-state index >= 15 is 0 Å². The Labute approximate surface area is 156 Å².